The highest BCUT2D eigenvalue weighted by atomic mass is 127. The number of rotatable bonds is 4. The first-order valence-corrected chi connectivity index (χ1v) is 7.71. The second-order valence-corrected chi connectivity index (χ2v) is 5.63. The molecule has 0 bridgehead atoms. The lowest BCUT2D eigenvalue weighted by Crippen LogP contribution is -2.22. The molecule has 0 atom stereocenters. The van der Waals surface area contributed by atoms with E-state index in [-0.39, 0.29) is 36.3 Å². The number of aromatic hydroxyl groups is 1. The number of fused-ring (bicyclic) bond motifs is 1. The number of hydrogen-bond donors (Lipinski definition) is 3. The highest BCUT2D eigenvalue weighted by Crippen LogP contribution is 2.29. The lowest BCUT2D eigenvalue weighted by Gasteiger charge is -2.09. The number of guanidine groups is 1. The summed E-state index contributed by atoms with van der Waals surface area (Å²) in [6.45, 7) is 0.285. The first-order chi connectivity index (χ1) is 11.2. The molecule has 0 amide bonds. The minimum atomic E-state index is 0. The number of anilines is 1. The predicted octanol–water partition coefficient (Wildman–Crippen LogP) is 3.43. The third-order valence-electron chi connectivity index (χ3n) is 4.09. The van der Waals surface area contributed by atoms with Gasteiger partial charge in [-0.1, -0.05) is 18.2 Å². The van der Waals surface area contributed by atoms with Crippen LogP contribution in [0.2, 0.25) is 0 Å². The number of phenols is 1. The van der Waals surface area contributed by atoms with Gasteiger partial charge in [0.15, 0.2) is 17.5 Å². The lowest BCUT2D eigenvalue weighted by molar-refractivity contribution is 0.370. The number of halogens is 1. The van der Waals surface area contributed by atoms with E-state index in [1.54, 1.807) is 12.1 Å². The van der Waals surface area contributed by atoms with Crippen molar-refractivity contribution in [3.05, 3.63) is 53.1 Å². The summed E-state index contributed by atoms with van der Waals surface area (Å²) in [7, 11) is 1.52. The van der Waals surface area contributed by atoms with Gasteiger partial charge < -0.3 is 20.9 Å². The van der Waals surface area contributed by atoms with Crippen molar-refractivity contribution in [3.8, 4) is 11.5 Å². The number of aliphatic imine (C=N–C) groups is 1. The van der Waals surface area contributed by atoms with Gasteiger partial charge in [-0.25, -0.2) is 4.99 Å². The van der Waals surface area contributed by atoms with Gasteiger partial charge in [-0.3, -0.25) is 0 Å². The molecule has 1 aliphatic rings. The molecule has 0 unspecified atom stereocenters. The van der Waals surface area contributed by atoms with Crippen LogP contribution in [0.1, 0.15) is 23.1 Å². The zero-order valence-corrected chi connectivity index (χ0v) is 15.9. The van der Waals surface area contributed by atoms with Gasteiger partial charge in [-0.15, -0.1) is 24.0 Å². The summed E-state index contributed by atoms with van der Waals surface area (Å²) in [4.78, 5) is 4.29. The van der Waals surface area contributed by atoms with Gasteiger partial charge in [0.2, 0.25) is 0 Å². The number of hydrogen-bond acceptors (Lipinski definition) is 3. The van der Waals surface area contributed by atoms with Gasteiger partial charge in [-0.05, 0) is 48.6 Å². The Kier molecular flexibility index (Phi) is 6.30. The number of nitrogens with two attached hydrogens (primary N) is 1. The first kappa shape index (κ1) is 18.4. The molecule has 6 heteroatoms. The van der Waals surface area contributed by atoms with E-state index >= 15 is 0 Å². The van der Waals surface area contributed by atoms with Gasteiger partial charge in [0.25, 0.3) is 0 Å². The third-order valence-corrected chi connectivity index (χ3v) is 4.09. The molecule has 2 aromatic rings. The quantitative estimate of drug-likeness (QED) is 0.388. The highest BCUT2D eigenvalue weighted by Gasteiger charge is 2.11. The number of phenolic OH excluding ortho intramolecular Hbond substituents is 1. The Morgan fingerprint density at radius 1 is 1.25 bits per heavy atom. The fourth-order valence-corrected chi connectivity index (χ4v) is 2.87. The van der Waals surface area contributed by atoms with Crippen molar-refractivity contribution in [2.24, 2.45) is 10.7 Å². The van der Waals surface area contributed by atoms with Crippen LogP contribution in [0.25, 0.3) is 0 Å². The van der Waals surface area contributed by atoms with E-state index in [0.29, 0.717) is 17.3 Å². The second-order valence-electron chi connectivity index (χ2n) is 5.63. The number of benzene rings is 2. The van der Waals surface area contributed by atoms with E-state index in [2.05, 4.69) is 22.4 Å². The largest absolute Gasteiger partial charge is 0.504 e. The summed E-state index contributed by atoms with van der Waals surface area (Å²) in [5, 5.41) is 13.1. The maximum Gasteiger partial charge on any atom is 0.193 e. The van der Waals surface area contributed by atoms with Crippen LogP contribution < -0.4 is 15.8 Å². The molecule has 0 spiro atoms. The molecular weight excluding hydrogens is 417 g/mol. The molecule has 128 valence electrons. The van der Waals surface area contributed by atoms with Crippen LogP contribution >= 0.6 is 24.0 Å². The Hall–Kier alpha value is -1.96. The smallest absolute Gasteiger partial charge is 0.193 e. The van der Waals surface area contributed by atoms with Gasteiger partial charge in [-0.2, -0.15) is 0 Å². The number of aryl methyl sites for hydroxylation is 2. The predicted molar refractivity (Wildman–Crippen MR) is 107 cm³/mol. The summed E-state index contributed by atoms with van der Waals surface area (Å²) >= 11 is 0. The van der Waals surface area contributed by atoms with Crippen LogP contribution in [0.15, 0.2) is 41.4 Å². The Bertz CT molecular complexity index is 747. The van der Waals surface area contributed by atoms with Crippen LogP contribution in [0, 0.1) is 0 Å². The zero-order chi connectivity index (χ0) is 16.2. The average molecular weight is 439 g/mol. The van der Waals surface area contributed by atoms with Crippen LogP contribution in [-0.2, 0) is 19.4 Å². The fraction of sp³-hybridized carbons (Fsp3) is 0.278. The molecule has 0 saturated heterocycles. The molecule has 0 radical (unpaired) electrons. The van der Waals surface area contributed by atoms with Crippen molar-refractivity contribution < 1.29 is 9.84 Å². The van der Waals surface area contributed by atoms with Crippen LogP contribution in [0.3, 0.4) is 0 Å². The summed E-state index contributed by atoms with van der Waals surface area (Å²) in [5.74, 6) is 0.858. The highest BCUT2D eigenvalue weighted by molar-refractivity contribution is 14.0. The van der Waals surface area contributed by atoms with Crippen LogP contribution in [0.4, 0.5) is 5.69 Å². The molecule has 0 aromatic heterocycles. The molecule has 4 N–H and O–H groups in total. The summed E-state index contributed by atoms with van der Waals surface area (Å²) < 4.78 is 5.09. The summed E-state index contributed by atoms with van der Waals surface area (Å²) in [5.41, 5.74) is 10.4. The SMILES string of the molecule is COc1cccc(CN=C(N)Nc2ccc3c(c2)CCC3)c1O.I. The number of methoxy groups -OCH3 is 1. The lowest BCUT2D eigenvalue weighted by atomic mass is 10.1. The van der Waals surface area contributed by atoms with Crippen molar-refractivity contribution in [2.45, 2.75) is 25.8 Å². The number of para-hydroxylation sites is 1. The molecule has 0 fully saturated rings. The molecule has 1 aliphatic carbocycles. The molecule has 5 nitrogen and oxygen atoms in total. The number of nitrogens with one attached hydrogen (secondary N) is 1. The molecule has 24 heavy (non-hydrogen) atoms. The number of ether oxygens (including phenoxy) is 1. The molecular formula is C18H22IN3O2. The van der Waals surface area contributed by atoms with E-state index in [4.69, 9.17) is 10.5 Å². The summed E-state index contributed by atoms with van der Waals surface area (Å²) in [6, 6.07) is 11.6. The van der Waals surface area contributed by atoms with Crippen molar-refractivity contribution in [3.63, 3.8) is 0 Å². The molecule has 0 aliphatic heterocycles. The normalized spacial score (nSPS) is 13.1. The van der Waals surface area contributed by atoms with Crippen LogP contribution in [0.5, 0.6) is 11.5 Å². The zero-order valence-electron chi connectivity index (χ0n) is 13.6. The number of nitrogens with zero attached hydrogens (tertiary/aromatic N) is 1. The van der Waals surface area contributed by atoms with Crippen LogP contribution in [-0.4, -0.2) is 18.2 Å². The average Bonchev–Trinajstić information content (AvgIpc) is 3.01. The molecule has 3 rings (SSSR count). The topological polar surface area (TPSA) is 79.9 Å². The van der Waals surface area contributed by atoms with E-state index in [9.17, 15) is 5.11 Å². The van der Waals surface area contributed by atoms with E-state index in [1.165, 1.54) is 24.7 Å². The van der Waals surface area contributed by atoms with Gasteiger partial charge >= 0.3 is 0 Å². The van der Waals surface area contributed by atoms with E-state index in [1.807, 2.05) is 12.1 Å². The maximum atomic E-state index is 10.0. The van der Waals surface area contributed by atoms with Crippen molar-refractivity contribution >= 4 is 35.6 Å². The third kappa shape index (κ3) is 4.11. The van der Waals surface area contributed by atoms with Crippen molar-refractivity contribution in [1.82, 2.24) is 0 Å². The monoisotopic (exact) mass is 439 g/mol. The summed E-state index contributed by atoms with van der Waals surface area (Å²) in [6.07, 6.45) is 3.51. The molecule has 2 aromatic carbocycles. The Labute approximate surface area is 159 Å². The van der Waals surface area contributed by atoms with Gasteiger partial charge in [0.05, 0.1) is 13.7 Å². The van der Waals surface area contributed by atoms with E-state index < -0.39 is 0 Å². The van der Waals surface area contributed by atoms with E-state index in [0.717, 1.165) is 18.5 Å². The standard InChI is InChI=1S/C18H21N3O2.HI/c1-23-16-7-3-6-14(17(16)22)11-20-18(19)21-15-9-8-12-4-2-5-13(12)10-15;/h3,6-10,22H,2,4-5,11H2,1H3,(H3,19,20,21);1H. The van der Waals surface area contributed by atoms with Gasteiger partial charge in [0, 0.05) is 11.3 Å². The second kappa shape index (κ2) is 8.23. The minimum absolute atomic E-state index is 0. The first-order valence-electron chi connectivity index (χ1n) is 7.71. The Morgan fingerprint density at radius 2 is 2.04 bits per heavy atom. The minimum Gasteiger partial charge on any atom is -0.504 e. The Morgan fingerprint density at radius 3 is 2.83 bits per heavy atom. The molecule has 0 saturated carbocycles. The maximum absolute atomic E-state index is 10.0. The molecule has 0 heterocycles. The van der Waals surface area contributed by atoms with Crippen molar-refractivity contribution in [1.29, 1.82) is 0 Å². The van der Waals surface area contributed by atoms with Crippen molar-refractivity contribution in [2.75, 3.05) is 12.4 Å². The van der Waals surface area contributed by atoms with Gasteiger partial charge in [0.1, 0.15) is 0 Å². The fourth-order valence-electron chi connectivity index (χ4n) is 2.87. The Balaban J connectivity index is 0.00000208.